The van der Waals surface area contributed by atoms with E-state index in [0.717, 1.165) is 17.1 Å². The highest BCUT2D eigenvalue weighted by molar-refractivity contribution is 6.13. The molecular formula is C56H39N. The summed E-state index contributed by atoms with van der Waals surface area (Å²) in [4.78, 5) is 2.35. The molecule has 0 atom stereocenters. The van der Waals surface area contributed by atoms with Crippen molar-refractivity contribution < 1.29 is 0 Å². The molecular weight excluding hydrogens is 687 g/mol. The molecule has 0 spiro atoms. The summed E-state index contributed by atoms with van der Waals surface area (Å²) in [5, 5.41) is 5.08. The Balaban J connectivity index is 0.997. The quantitative estimate of drug-likeness (QED) is 0.141. The first-order valence-corrected chi connectivity index (χ1v) is 19.6. The SMILES string of the molecule is c1ccc(-c2ccc(N(c3ccc(-c4ccc(-c5ccccc5-c5ccccc5)cc4)cc3)c3ccc(-c4cc5ccccc5c5ccccc45)cc3)cc2)cc1. The lowest BCUT2D eigenvalue weighted by Crippen LogP contribution is -2.09. The van der Waals surface area contributed by atoms with E-state index in [1.54, 1.807) is 0 Å². The van der Waals surface area contributed by atoms with Crippen LogP contribution in [0.1, 0.15) is 0 Å². The molecule has 0 radical (unpaired) electrons. The summed E-state index contributed by atoms with van der Waals surface area (Å²) in [7, 11) is 0. The molecule has 268 valence electrons. The maximum absolute atomic E-state index is 2.35. The van der Waals surface area contributed by atoms with Gasteiger partial charge in [0, 0.05) is 17.1 Å². The van der Waals surface area contributed by atoms with Crippen molar-refractivity contribution in [3.63, 3.8) is 0 Å². The topological polar surface area (TPSA) is 3.24 Å². The standard InChI is InChI=1S/C56H39N/c1-3-13-40(14-4-1)42-27-33-48(34-28-42)57(50-37-31-46(32-38-50)56-39-47-17-7-8-20-53(47)54-21-11-12-22-55(54)56)49-35-29-43(30-36-49)41-23-25-45(26-24-41)52-19-10-9-18-51(52)44-15-5-2-6-16-44/h1-39H. The number of rotatable bonds is 8. The molecule has 0 saturated carbocycles. The Morgan fingerprint density at radius 2 is 0.544 bits per heavy atom. The van der Waals surface area contributed by atoms with Crippen molar-refractivity contribution in [2.75, 3.05) is 4.90 Å². The van der Waals surface area contributed by atoms with Crippen LogP contribution in [-0.4, -0.2) is 0 Å². The van der Waals surface area contributed by atoms with Crippen LogP contribution in [0.2, 0.25) is 0 Å². The molecule has 57 heavy (non-hydrogen) atoms. The first-order chi connectivity index (χ1) is 28.3. The van der Waals surface area contributed by atoms with Gasteiger partial charge in [0.1, 0.15) is 0 Å². The number of fused-ring (bicyclic) bond motifs is 3. The highest BCUT2D eigenvalue weighted by Crippen LogP contribution is 2.40. The van der Waals surface area contributed by atoms with Crippen LogP contribution < -0.4 is 4.90 Å². The normalized spacial score (nSPS) is 11.2. The first-order valence-electron chi connectivity index (χ1n) is 19.6. The Morgan fingerprint density at radius 3 is 1.09 bits per heavy atom. The maximum atomic E-state index is 2.35. The predicted molar refractivity (Wildman–Crippen MR) is 243 cm³/mol. The number of hydrogen-bond acceptors (Lipinski definition) is 1. The van der Waals surface area contributed by atoms with E-state index in [9.17, 15) is 0 Å². The second-order valence-electron chi connectivity index (χ2n) is 14.5. The molecule has 0 heterocycles. The van der Waals surface area contributed by atoms with E-state index in [1.165, 1.54) is 77.2 Å². The zero-order valence-corrected chi connectivity index (χ0v) is 31.5. The van der Waals surface area contributed by atoms with Crippen molar-refractivity contribution in [1.82, 2.24) is 0 Å². The van der Waals surface area contributed by atoms with Crippen LogP contribution in [-0.2, 0) is 0 Å². The summed E-state index contributed by atoms with van der Waals surface area (Å²) in [5.74, 6) is 0. The van der Waals surface area contributed by atoms with E-state index in [0.29, 0.717) is 0 Å². The third-order valence-corrected chi connectivity index (χ3v) is 11.1. The first kappa shape index (κ1) is 34.0. The summed E-state index contributed by atoms with van der Waals surface area (Å²) in [6.45, 7) is 0. The summed E-state index contributed by atoms with van der Waals surface area (Å²) in [6.07, 6.45) is 0. The average Bonchev–Trinajstić information content (AvgIpc) is 3.30. The molecule has 0 aliphatic heterocycles. The molecule has 10 aromatic rings. The highest BCUT2D eigenvalue weighted by Gasteiger charge is 2.15. The van der Waals surface area contributed by atoms with E-state index in [2.05, 4.69) is 241 Å². The maximum Gasteiger partial charge on any atom is 0.0462 e. The van der Waals surface area contributed by atoms with Gasteiger partial charge in [-0.25, -0.2) is 0 Å². The van der Waals surface area contributed by atoms with Gasteiger partial charge in [-0.15, -0.1) is 0 Å². The second-order valence-corrected chi connectivity index (χ2v) is 14.5. The van der Waals surface area contributed by atoms with Crippen LogP contribution in [0.3, 0.4) is 0 Å². The van der Waals surface area contributed by atoms with Gasteiger partial charge in [0.25, 0.3) is 0 Å². The van der Waals surface area contributed by atoms with Crippen molar-refractivity contribution >= 4 is 38.6 Å². The smallest absolute Gasteiger partial charge is 0.0462 e. The van der Waals surface area contributed by atoms with Gasteiger partial charge in [0.15, 0.2) is 0 Å². The molecule has 1 heteroatoms. The molecule has 10 aromatic carbocycles. The van der Waals surface area contributed by atoms with Crippen LogP contribution in [0.5, 0.6) is 0 Å². The van der Waals surface area contributed by atoms with E-state index in [4.69, 9.17) is 0 Å². The summed E-state index contributed by atoms with van der Waals surface area (Å²) in [5.41, 5.74) is 15.4. The fraction of sp³-hybridized carbons (Fsp3) is 0. The molecule has 1 nitrogen and oxygen atoms in total. The van der Waals surface area contributed by atoms with Crippen LogP contribution in [0.25, 0.3) is 77.2 Å². The highest BCUT2D eigenvalue weighted by atomic mass is 15.1. The lowest BCUT2D eigenvalue weighted by molar-refractivity contribution is 1.28. The van der Waals surface area contributed by atoms with Crippen molar-refractivity contribution in [1.29, 1.82) is 0 Å². The molecule has 10 rings (SSSR count). The van der Waals surface area contributed by atoms with Crippen LogP contribution >= 0.6 is 0 Å². The molecule has 0 aromatic heterocycles. The van der Waals surface area contributed by atoms with E-state index < -0.39 is 0 Å². The number of hydrogen-bond donors (Lipinski definition) is 0. The average molecular weight is 726 g/mol. The Hall–Kier alpha value is -7.48. The minimum absolute atomic E-state index is 1.10. The van der Waals surface area contributed by atoms with Gasteiger partial charge in [-0.3, -0.25) is 0 Å². The lowest BCUT2D eigenvalue weighted by atomic mass is 9.93. The fourth-order valence-electron chi connectivity index (χ4n) is 8.21. The monoisotopic (exact) mass is 725 g/mol. The van der Waals surface area contributed by atoms with E-state index in [-0.39, 0.29) is 0 Å². The van der Waals surface area contributed by atoms with Gasteiger partial charge in [0.2, 0.25) is 0 Å². The number of anilines is 3. The summed E-state index contributed by atoms with van der Waals surface area (Å²) < 4.78 is 0. The van der Waals surface area contributed by atoms with Crippen LogP contribution in [0.4, 0.5) is 17.1 Å². The minimum atomic E-state index is 1.10. The zero-order valence-electron chi connectivity index (χ0n) is 31.5. The lowest BCUT2D eigenvalue weighted by Gasteiger charge is -2.26. The molecule has 0 N–H and O–H groups in total. The summed E-state index contributed by atoms with van der Waals surface area (Å²) >= 11 is 0. The molecule has 0 unspecified atom stereocenters. The van der Waals surface area contributed by atoms with Crippen molar-refractivity contribution in [3.8, 4) is 55.6 Å². The predicted octanol–water partition coefficient (Wildman–Crippen LogP) is 15.8. The molecule has 0 bridgehead atoms. The fourth-order valence-corrected chi connectivity index (χ4v) is 8.21. The van der Waals surface area contributed by atoms with E-state index >= 15 is 0 Å². The van der Waals surface area contributed by atoms with Crippen LogP contribution in [0.15, 0.2) is 237 Å². The Labute approximate surface area is 334 Å². The zero-order chi connectivity index (χ0) is 38.0. The Morgan fingerprint density at radius 1 is 0.211 bits per heavy atom. The Bertz CT molecular complexity index is 2950. The summed E-state index contributed by atoms with van der Waals surface area (Å²) in [6, 6.07) is 85.5. The molecule has 0 amide bonds. The Kier molecular flexibility index (Phi) is 8.95. The van der Waals surface area contributed by atoms with Gasteiger partial charge in [-0.05, 0) is 120 Å². The van der Waals surface area contributed by atoms with E-state index in [1.807, 2.05) is 0 Å². The van der Waals surface area contributed by atoms with Gasteiger partial charge >= 0.3 is 0 Å². The van der Waals surface area contributed by atoms with Gasteiger partial charge in [-0.2, -0.15) is 0 Å². The van der Waals surface area contributed by atoms with Gasteiger partial charge < -0.3 is 4.90 Å². The minimum Gasteiger partial charge on any atom is -0.311 e. The number of benzene rings is 10. The number of nitrogens with zero attached hydrogens (tertiary/aromatic N) is 1. The second kappa shape index (κ2) is 15.0. The largest absolute Gasteiger partial charge is 0.311 e. The van der Waals surface area contributed by atoms with Gasteiger partial charge in [0.05, 0.1) is 0 Å². The third-order valence-electron chi connectivity index (χ3n) is 11.1. The van der Waals surface area contributed by atoms with Crippen molar-refractivity contribution in [3.05, 3.63) is 237 Å². The van der Waals surface area contributed by atoms with Gasteiger partial charge in [-0.1, -0.05) is 194 Å². The third kappa shape index (κ3) is 6.66. The van der Waals surface area contributed by atoms with Crippen LogP contribution in [0, 0.1) is 0 Å². The van der Waals surface area contributed by atoms with Crippen molar-refractivity contribution in [2.24, 2.45) is 0 Å². The molecule has 0 aliphatic rings. The molecule has 0 saturated heterocycles. The van der Waals surface area contributed by atoms with Crippen molar-refractivity contribution in [2.45, 2.75) is 0 Å². The molecule has 0 fully saturated rings. The molecule has 0 aliphatic carbocycles.